The first-order valence-electron chi connectivity index (χ1n) is 8.84. The molecule has 1 aliphatic carbocycles. The minimum absolute atomic E-state index is 0.183. The van der Waals surface area contributed by atoms with E-state index in [9.17, 15) is 0 Å². The first kappa shape index (κ1) is 18.3. The number of nitrogen functional groups attached to an aromatic ring is 1. The van der Waals surface area contributed by atoms with Crippen molar-refractivity contribution in [2.75, 3.05) is 5.73 Å². The van der Waals surface area contributed by atoms with E-state index in [1.54, 1.807) is 0 Å². The highest BCUT2D eigenvalue weighted by Crippen LogP contribution is 2.49. The molecule has 0 spiro atoms. The number of hydrogen-bond acceptors (Lipinski definition) is 1. The Kier molecular flexibility index (Phi) is 5.88. The van der Waals surface area contributed by atoms with E-state index in [-0.39, 0.29) is 5.41 Å². The summed E-state index contributed by atoms with van der Waals surface area (Å²) in [6.45, 7) is 17.1. The van der Waals surface area contributed by atoms with Crippen molar-refractivity contribution in [2.24, 2.45) is 17.3 Å². The SMILES string of the molecule is C=C[C@]1(C)CC[C@@H](C(=C)C/C=C/c2ccc(N)cc2)C[C@H]1C(=C)C. The monoisotopic (exact) mass is 321 g/mol. The second-order valence-corrected chi connectivity index (χ2v) is 7.51. The Morgan fingerprint density at radius 1 is 1.29 bits per heavy atom. The van der Waals surface area contributed by atoms with Gasteiger partial charge >= 0.3 is 0 Å². The fourth-order valence-electron chi connectivity index (χ4n) is 3.83. The van der Waals surface area contributed by atoms with E-state index in [1.165, 1.54) is 29.6 Å². The standard InChI is InChI=1S/C23H31N/c1-6-23(5)15-14-20(16-22(23)17(2)3)18(4)8-7-9-19-10-12-21(24)13-11-19/h6-7,9-13,20,22H,1-2,4,8,14-16,24H2,3,5H3/b9-7+/t20-,22+,23-/m1/s1. The van der Waals surface area contributed by atoms with Gasteiger partial charge in [-0.3, -0.25) is 0 Å². The maximum absolute atomic E-state index is 5.72. The topological polar surface area (TPSA) is 26.0 Å². The van der Waals surface area contributed by atoms with Crippen LogP contribution in [0.25, 0.3) is 6.08 Å². The van der Waals surface area contributed by atoms with E-state index < -0.39 is 0 Å². The molecule has 24 heavy (non-hydrogen) atoms. The van der Waals surface area contributed by atoms with Crippen LogP contribution in [0.4, 0.5) is 5.69 Å². The second-order valence-electron chi connectivity index (χ2n) is 7.51. The van der Waals surface area contributed by atoms with Gasteiger partial charge in [0.2, 0.25) is 0 Å². The van der Waals surface area contributed by atoms with Gasteiger partial charge in [0.15, 0.2) is 0 Å². The lowest BCUT2D eigenvalue weighted by molar-refractivity contribution is 0.169. The van der Waals surface area contributed by atoms with Crippen molar-refractivity contribution in [3.63, 3.8) is 0 Å². The summed E-state index contributed by atoms with van der Waals surface area (Å²) in [6, 6.07) is 7.95. The molecule has 0 radical (unpaired) electrons. The molecule has 1 nitrogen and oxygen atoms in total. The van der Waals surface area contributed by atoms with Gasteiger partial charge in [-0.1, -0.05) is 61.6 Å². The largest absolute Gasteiger partial charge is 0.399 e. The maximum atomic E-state index is 5.72. The lowest BCUT2D eigenvalue weighted by atomic mass is 9.61. The highest BCUT2D eigenvalue weighted by molar-refractivity contribution is 5.53. The quantitative estimate of drug-likeness (QED) is 0.475. The van der Waals surface area contributed by atoms with Gasteiger partial charge in [0, 0.05) is 5.69 Å². The molecule has 0 amide bonds. The van der Waals surface area contributed by atoms with Crippen molar-refractivity contribution in [3.8, 4) is 0 Å². The van der Waals surface area contributed by atoms with Crippen molar-refractivity contribution in [1.29, 1.82) is 0 Å². The molecule has 0 saturated heterocycles. The molecule has 1 saturated carbocycles. The third kappa shape index (κ3) is 4.29. The molecule has 1 heteroatoms. The molecule has 0 aromatic heterocycles. The zero-order chi connectivity index (χ0) is 17.7. The summed E-state index contributed by atoms with van der Waals surface area (Å²) in [4.78, 5) is 0. The Hall–Kier alpha value is -2.02. The van der Waals surface area contributed by atoms with Crippen LogP contribution in [0.5, 0.6) is 0 Å². The van der Waals surface area contributed by atoms with Gasteiger partial charge in [-0.05, 0) is 67.6 Å². The van der Waals surface area contributed by atoms with Gasteiger partial charge in [0.25, 0.3) is 0 Å². The number of allylic oxidation sites excluding steroid dienone is 4. The number of nitrogens with two attached hydrogens (primary N) is 1. The molecule has 128 valence electrons. The lowest BCUT2D eigenvalue weighted by Gasteiger charge is -2.43. The van der Waals surface area contributed by atoms with E-state index in [0.29, 0.717) is 11.8 Å². The van der Waals surface area contributed by atoms with Crippen LogP contribution < -0.4 is 5.73 Å². The fourth-order valence-corrected chi connectivity index (χ4v) is 3.83. The summed E-state index contributed by atoms with van der Waals surface area (Å²) in [6.07, 6.45) is 10.9. The van der Waals surface area contributed by atoms with Gasteiger partial charge in [-0.2, -0.15) is 0 Å². The summed E-state index contributed by atoms with van der Waals surface area (Å²) in [5.41, 5.74) is 10.5. The molecular weight excluding hydrogens is 290 g/mol. The highest BCUT2D eigenvalue weighted by Gasteiger charge is 2.38. The van der Waals surface area contributed by atoms with Gasteiger partial charge in [0.05, 0.1) is 0 Å². The van der Waals surface area contributed by atoms with Crippen LogP contribution in [0.3, 0.4) is 0 Å². The molecule has 2 N–H and O–H groups in total. The smallest absolute Gasteiger partial charge is 0.0314 e. The average molecular weight is 322 g/mol. The first-order chi connectivity index (χ1) is 11.4. The molecule has 0 unspecified atom stereocenters. The van der Waals surface area contributed by atoms with Crippen molar-refractivity contribution < 1.29 is 0 Å². The molecule has 1 fully saturated rings. The molecule has 1 aliphatic rings. The zero-order valence-electron chi connectivity index (χ0n) is 15.2. The number of anilines is 1. The molecule has 0 heterocycles. The van der Waals surface area contributed by atoms with Crippen LogP contribution in [0.2, 0.25) is 0 Å². The van der Waals surface area contributed by atoms with Crippen molar-refractivity contribution >= 4 is 11.8 Å². The number of hydrogen-bond donors (Lipinski definition) is 1. The Balaban J connectivity index is 1.96. The summed E-state index contributed by atoms with van der Waals surface area (Å²) < 4.78 is 0. The third-order valence-corrected chi connectivity index (χ3v) is 5.61. The molecule has 1 aromatic rings. The van der Waals surface area contributed by atoms with Crippen LogP contribution in [-0.4, -0.2) is 0 Å². The Bertz CT molecular complexity index is 635. The van der Waals surface area contributed by atoms with E-state index in [1.807, 2.05) is 24.3 Å². The van der Waals surface area contributed by atoms with Crippen LogP contribution in [-0.2, 0) is 0 Å². The molecule has 0 aliphatic heterocycles. The second kappa shape index (κ2) is 7.70. The van der Waals surface area contributed by atoms with Crippen LogP contribution in [0, 0.1) is 17.3 Å². The third-order valence-electron chi connectivity index (χ3n) is 5.61. The highest BCUT2D eigenvalue weighted by atomic mass is 14.5. The van der Waals surface area contributed by atoms with E-state index in [0.717, 1.165) is 18.5 Å². The summed E-state index contributed by atoms with van der Waals surface area (Å²) in [7, 11) is 0. The molecule has 2 rings (SSSR count). The fraction of sp³-hybridized carbons (Fsp3) is 0.391. The van der Waals surface area contributed by atoms with Crippen molar-refractivity contribution in [1.82, 2.24) is 0 Å². The lowest BCUT2D eigenvalue weighted by Crippen LogP contribution is -2.33. The van der Waals surface area contributed by atoms with Crippen molar-refractivity contribution in [2.45, 2.75) is 39.5 Å². The number of benzene rings is 1. The van der Waals surface area contributed by atoms with Gasteiger partial charge in [-0.25, -0.2) is 0 Å². The molecular formula is C23H31N. The van der Waals surface area contributed by atoms with E-state index >= 15 is 0 Å². The normalized spacial score (nSPS) is 27.1. The summed E-state index contributed by atoms with van der Waals surface area (Å²) >= 11 is 0. The van der Waals surface area contributed by atoms with E-state index in [4.69, 9.17) is 5.73 Å². The van der Waals surface area contributed by atoms with Gasteiger partial charge < -0.3 is 5.73 Å². The molecule has 3 atom stereocenters. The van der Waals surface area contributed by atoms with Crippen molar-refractivity contribution in [3.05, 3.63) is 72.9 Å². The summed E-state index contributed by atoms with van der Waals surface area (Å²) in [5.74, 6) is 1.09. The predicted octanol–water partition coefficient (Wildman–Crippen LogP) is 6.41. The minimum atomic E-state index is 0.183. The molecule has 1 aromatic carbocycles. The summed E-state index contributed by atoms with van der Waals surface area (Å²) in [5, 5.41) is 0. The predicted molar refractivity (Wildman–Crippen MR) is 108 cm³/mol. The van der Waals surface area contributed by atoms with Gasteiger partial charge in [-0.15, -0.1) is 6.58 Å². The Morgan fingerprint density at radius 2 is 1.96 bits per heavy atom. The average Bonchev–Trinajstić information content (AvgIpc) is 2.56. The zero-order valence-corrected chi connectivity index (χ0v) is 15.2. The number of rotatable bonds is 6. The Labute approximate surface area is 147 Å². The van der Waals surface area contributed by atoms with E-state index in [2.05, 4.69) is 51.8 Å². The first-order valence-corrected chi connectivity index (χ1v) is 8.84. The van der Waals surface area contributed by atoms with Crippen LogP contribution >= 0.6 is 0 Å². The van der Waals surface area contributed by atoms with Crippen LogP contribution in [0.15, 0.2) is 67.3 Å². The van der Waals surface area contributed by atoms with Crippen LogP contribution in [0.1, 0.15) is 45.1 Å². The minimum Gasteiger partial charge on any atom is -0.399 e. The van der Waals surface area contributed by atoms with Gasteiger partial charge in [0.1, 0.15) is 0 Å². The molecule has 0 bridgehead atoms. The maximum Gasteiger partial charge on any atom is 0.0314 e. The Morgan fingerprint density at radius 3 is 2.54 bits per heavy atom.